The van der Waals surface area contributed by atoms with E-state index >= 15 is 0 Å². The van der Waals surface area contributed by atoms with Crippen molar-refractivity contribution in [3.8, 4) is 74.0 Å². The molecule has 11 aromatic carbocycles. The van der Waals surface area contributed by atoms with Crippen LogP contribution in [-0.4, -0.2) is 14.5 Å². The zero-order chi connectivity index (χ0) is 56.2. The molecule has 9 heteroatoms. The van der Waals surface area contributed by atoms with Crippen LogP contribution >= 0.6 is 0 Å². The molecule has 0 aliphatic carbocycles. The molecule has 83 heavy (non-hydrogen) atoms. The van der Waals surface area contributed by atoms with Crippen LogP contribution < -0.4 is 9.80 Å². The van der Waals surface area contributed by atoms with Crippen LogP contribution in [-0.2, 0) is 0 Å². The van der Waals surface area contributed by atoms with E-state index in [9.17, 15) is 10.5 Å². The lowest BCUT2D eigenvalue weighted by Gasteiger charge is -2.26. The minimum atomic E-state index is 0.375. The van der Waals surface area contributed by atoms with Crippen molar-refractivity contribution < 1.29 is 0 Å². The molecule has 386 valence electrons. The lowest BCUT2D eigenvalue weighted by atomic mass is 9.95. The van der Waals surface area contributed by atoms with Crippen LogP contribution in [0.5, 0.6) is 0 Å². The molecule has 9 nitrogen and oxygen atoms in total. The monoisotopic (exact) mass is 1060 g/mol. The Hall–Kier alpha value is -12.1. The quantitative estimate of drug-likeness (QED) is 0.113. The van der Waals surface area contributed by atoms with Gasteiger partial charge >= 0.3 is 0 Å². The van der Waals surface area contributed by atoms with Crippen LogP contribution in [0.4, 0.5) is 45.5 Å². The first kappa shape index (κ1) is 50.4. The van der Waals surface area contributed by atoms with Crippen LogP contribution in [0.3, 0.4) is 0 Å². The van der Waals surface area contributed by atoms with Crippen molar-refractivity contribution in [3.05, 3.63) is 307 Å². The summed E-state index contributed by atoms with van der Waals surface area (Å²) in [5, 5.41) is 21.0. The van der Waals surface area contributed by atoms with Gasteiger partial charge in [-0.3, -0.25) is 0 Å². The molecule has 0 saturated carbocycles. The average molecular weight is 1060 g/mol. The molecular weight excluding hydrogens is 1010 g/mol. The van der Waals surface area contributed by atoms with Crippen molar-refractivity contribution in [2.24, 2.45) is 0 Å². The SMILES string of the molecule is [C-]#[N+]c1cc(-c2ccc(-c3cc(-c4ccc(C#N)cc4)nc(-c4ccc(C#N)cc4)n3)cc2)cc([N+]#[C-])c1-c1ccc(-n2c3ccc(N(c4ccccc4)c4ccccc4)cc3c3cc(N(c4ccccc4)c4ccccc4)ccc32)cc1. The molecule has 2 aromatic heterocycles. The van der Waals surface area contributed by atoms with E-state index in [2.05, 4.69) is 182 Å². The topological polar surface area (TPSA) is 93.5 Å². The molecule has 0 aliphatic rings. The van der Waals surface area contributed by atoms with Crippen LogP contribution in [0.1, 0.15) is 11.1 Å². The summed E-state index contributed by atoms with van der Waals surface area (Å²) in [6.45, 7) is 16.9. The molecule has 0 atom stereocenters. The van der Waals surface area contributed by atoms with Crippen molar-refractivity contribution in [2.75, 3.05) is 9.80 Å². The standard InChI is InChI=1S/C74H45N9/c1-77-69-43-57(52-31-33-54(34-32-52)68-47-67(53-27-23-50(48-75)24-28-53)79-74(80-68)56-29-25-51(49-76)26-30-56)44-70(78-2)73(69)55-35-37-62(38-36-55)83-71-41-39-63(81(58-15-7-3-8-16-58)59-17-9-4-10-18-59)45-65(71)66-46-64(40-42-72(66)83)82(60-19-11-5-12-20-60)61-21-13-6-14-22-61/h3-47H. The normalized spacial score (nSPS) is 10.8. The predicted molar refractivity (Wildman–Crippen MR) is 335 cm³/mol. The fourth-order valence-electron chi connectivity index (χ4n) is 10.9. The highest BCUT2D eigenvalue weighted by atomic mass is 15.1. The van der Waals surface area contributed by atoms with E-state index in [-0.39, 0.29) is 0 Å². The molecule has 0 amide bonds. The van der Waals surface area contributed by atoms with Crippen LogP contribution in [0.2, 0.25) is 0 Å². The Bertz CT molecular complexity index is 4400. The summed E-state index contributed by atoms with van der Waals surface area (Å²) in [4.78, 5) is 22.5. The van der Waals surface area contributed by atoms with Gasteiger partial charge < -0.3 is 14.4 Å². The Balaban J connectivity index is 0.878. The summed E-state index contributed by atoms with van der Waals surface area (Å²) in [5.74, 6) is 0.491. The molecule has 13 rings (SSSR count). The first-order valence-corrected chi connectivity index (χ1v) is 26.9. The summed E-state index contributed by atoms with van der Waals surface area (Å²) in [6.07, 6.45) is 0. The zero-order valence-electron chi connectivity index (χ0n) is 44.5. The number of hydrogen-bond acceptors (Lipinski definition) is 6. The van der Waals surface area contributed by atoms with Crippen molar-refractivity contribution in [1.29, 1.82) is 10.5 Å². The van der Waals surface area contributed by atoms with Crippen molar-refractivity contribution in [3.63, 3.8) is 0 Å². The van der Waals surface area contributed by atoms with Gasteiger partial charge in [0, 0.05) is 67.3 Å². The van der Waals surface area contributed by atoms with Gasteiger partial charge in [-0.05, 0) is 162 Å². The molecule has 2 heterocycles. The number of para-hydroxylation sites is 4. The molecule has 0 unspecified atom stereocenters. The summed E-state index contributed by atoms with van der Waals surface area (Å²) in [6, 6.07) is 95.7. The van der Waals surface area contributed by atoms with E-state index in [1.165, 1.54) is 0 Å². The fourth-order valence-corrected chi connectivity index (χ4v) is 10.9. The maximum Gasteiger partial charge on any atom is 0.185 e. The Morgan fingerprint density at radius 3 is 1.12 bits per heavy atom. The summed E-state index contributed by atoms with van der Waals surface area (Å²) < 4.78 is 2.30. The number of hydrogen-bond donors (Lipinski definition) is 0. The highest BCUT2D eigenvalue weighted by Crippen LogP contribution is 2.46. The van der Waals surface area contributed by atoms with E-state index in [0.717, 1.165) is 95.0 Å². The Labute approximate surface area is 480 Å². The molecule has 13 aromatic rings. The number of nitriles is 2. The van der Waals surface area contributed by atoms with Gasteiger partial charge in [0.15, 0.2) is 17.2 Å². The van der Waals surface area contributed by atoms with Gasteiger partial charge in [-0.15, -0.1) is 0 Å². The number of rotatable bonds is 12. The molecular formula is C74H45N9. The average Bonchev–Trinajstić information content (AvgIpc) is 4.14. The highest BCUT2D eigenvalue weighted by molar-refractivity contribution is 6.12. The van der Waals surface area contributed by atoms with Gasteiger partial charge in [-0.2, -0.15) is 10.5 Å². The van der Waals surface area contributed by atoms with E-state index < -0.39 is 0 Å². The van der Waals surface area contributed by atoms with E-state index in [1.54, 1.807) is 24.3 Å². The van der Waals surface area contributed by atoms with Crippen molar-refractivity contribution in [1.82, 2.24) is 14.5 Å². The van der Waals surface area contributed by atoms with Gasteiger partial charge in [0.2, 0.25) is 0 Å². The van der Waals surface area contributed by atoms with Gasteiger partial charge in [0.05, 0.1) is 58.8 Å². The van der Waals surface area contributed by atoms with Gasteiger partial charge in [-0.25, -0.2) is 19.7 Å². The van der Waals surface area contributed by atoms with Gasteiger partial charge in [0.25, 0.3) is 0 Å². The van der Waals surface area contributed by atoms with Crippen molar-refractivity contribution in [2.45, 2.75) is 0 Å². The first-order valence-electron chi connectivity index (χ1n) is 26.9. The summed E-state index contributed by atoms with van der Waals surface area (Å²) in [5.41, 5.74) is 17.7. The second-order valence-electron chi connectivity index (χ2n) is 19.8. The Morgan fingerprint density at radius 1 is 0.349 bits per heavy atom. The van der Waals surface area contributed by atoms with E-state index in [4.69, 9.17) is 23.1 Å². The number of anilines is 6. The van der Waals surface area contributed by atoms with Gasteiger partial charge in [0.1, 0.15) is 0 Å². The third-order valence-electron chi connectivity index (χ3n) is 14.9. The van der Waals surface area contributed by atoms with Gasteiger partial charge in [-0.1, -0.05) is 133 Å². The van der Waals surface area contributed by atoms with E-state index in [1.807, 2.05) is 103 Å². The summed E-state index contributed by atoms with van der Waals surface area (Å²) >= 11 is 0. The smallest absolute Gasteiger partial charge is 0.185 e. The van der Waals surface area contributed by atoms with Crippen LogP contribution in [0.15, 0.2) is 273 Å². The highest BCUT2D eigenvalue weighted by Gasteiger charge is 2.22. The zero-order valence-corrected chi connectivity index (χ0v) is 44.5. The van der Waals surface area contributed by atoms with Crippen LogP contribution in [0.25, 0.3) is 93.3 Å². The molecule has 0 radical (unpaired) electrons. The van der Waals surface area contributed by atoms with E-state index in [0.29, 0.717) is 45.3 Å². The third-order valence-corrected chi connectivity index (χ3v) is 14.9. The molecule has 0 aliphatic heterocycles. The fraction of sp³-hybridized carbons (Fsp3) is 0. The minimum absolute atomic E-state index is 0.375. The molecule has 0 N–H and O–H groups in total. The number of aromatic nitrogens is 3. The molecule has 0 fully saturated rings. The molecule has 0 spiro atoms. The third kappa shape index (κ3) is 9.73. The maximum atomic E-state index is 9.44. The van der Waals surface area contributed by atoms with Crippen LogP contribution in [0, 0.1) is 35.8 Å². The molecule has 0 saturated heterocycles. The minimum Gasteiger partial charge on any atom is -0.310 e. The largest absolute Gasteiger partial charge is 0.310 e. The second-order valence-corrected chi connectivity index (χ2v) is 19.8. The number of fused-ring (bicyclic) bond motifs is 3. The predicted octanol–water partition coefficient (Wildman–Crippen LogP) is 19.7. The summed E-state index contributed by atoms with van der Waals surface area (Å²) in [7, 11) is 0. The number of benzene rings is 11. The maximum absolute atomic E-state index is 9.44. The first-order chi connectivity index (χ1) is 40.9. The Kier molecular flexibility index (Phi) is 13.3. The lowest BCUT2D eigenvalue weighted by molar-refractivity contribution is 1.18. The lowest BCUT2D eigenvalue weighted by Crippen LogP contribution is -2.09. The Morgan fingerprint density at radius 2 is 0.723 bits per heavy atom. The van der Waals surface area contributed by atoms with Crippen molar-refractivity contribution >= 4 is 67.3 Å². The second kappa shape index (κ2) is 21.9. The number of nitrogens with zero attached hydrogens (tertiary/aromatic N) is 9. The molecule has 0 bridgehead atoms.